The van der Waals surface area contributed by atoms with Gasteiger partial charge in [0.2, 0.25) is 10.0 Å². The zero-order chi connectivity index (χ0) is 13.0. The lowest BCUT2D eigenvalue weighted by Gasteiger charge is -2.27. The van der Waals surface area contributed by atoms with Gasteiger partial charge in [-0.3, -0.25) is 0 Å². The lowest BCUT2D eigenvalue weighted by atomic mass is 10.3. The first-order chi connectivity index (χ1) is 8.60. The number of hydrogen-bond acceptors (Lipinski definition) is 4. The monoisotopic (exact) mass is 270 g/mol. The molecule has 0 amide bonds. The molecule has 5 nitrogen and oxygen atoms in total. The van der Waals surface area contributed by atoms with Crippen molar-refractivity contribution in [3.8, 4) is 0 Å². The van der Waals surface area contributed by atoms with E-state index in [1.165, 1.54) is 4.31 Å². The fourth-order valence-corrected chi connectivity index (χ4v) is 3.12. The Kier molecular flexibility index (Phi) is 4.34. The molecule has 1 N–H and O–H groups in total. The molecule has 0 aliphatic carbocycles. The summed E-state index contributed by atoms with van der Waals surface area (Å²) in [6, 6.07) is 8.45. The van der Waals surface area contributed by atoms with Gasteiger partial charge in [0, 0.05) is 26.7 Å². The van der Waals surface area contributed by atoms with Crippen LogP contribution in [0.2, 0.25) is 0 Å². The second-order valence-corrected chi connectivity index (χ2v) is 6.34. The van der Waals surface area contributed by atoms with E-state index in [4.69, 9.17) is 4.74 Å². The van der Waals surface area contributed by atoms with E-state index in [1.807, 2.05) is 0 Å². The van der Waals surface area contributed by atoms with Crippen LogP contribution in [0.4, 0.5) is 0 Å². The van der Waals surface area contributed by atoms with Gasteiger partial charge in [-0.15, -0.1) is 0 Å². The van der Waals surface area contributed by atoms with Crippen LogP contribution in [0.3, 0.4) is 0 Å². The van der Waals surface area contributed by atoms with Gasteiger partial charge in [-0.05, 0) is 12.1 Å². The van der Waals surface area contributed by atoms with Crippen LogP contribution in [0.15, 0.2) is 35.2 Å². The Morgan fingerprint density at radius 1 is 1.39 bits per heavy atom. The molecule has 1 aliphatic rings. The highest BCUT2D eigenvalue weighted by Gasteiger charge is 2.24. The fraction of sp³-hybridized carbons (Fsp3) is 0.500. The molecule has 0 saturated carbocycles. The summed E-state index contributed by atoms with van der Waals surface area (Å²) in [6.45, 7) is 2.51. The van der Waals surface area contributed by atoms with Crippen molar-refractivity contribution in [2.24, 2.45) is 0 Å². The standard InChI is InChI=1S/C12H18N2O3S/c1-14(10-11-9-13-7-8-17-11)18(15,16)12-5-3-2-4-6-12/h2-6,11,13H,7-10H2,1H3. The molecule has 100 valence electrons. The van der Waals surface area contributed by atoms with Crippen LogP contribution in [0.1, 0.15) is 0 Å². The fourth-order valence-electron chi connectivity index (χ4n) is 1.89. The van der Waals surface area contributed by atoms with Gasteiger partial charge in [0.05, 0.1) is 17.6 Å². The van der Waals surface area contributed by atoms with Crippen LogP contribution in [0.25, 0.3) is 0 Å². The van der Waals surface area contributed by atoms with Gasteiger partial charge in [0.15, 0.2) is 0 Å². The van der Waals surface area contributed by atoms with Crippen molar-refractivity contribution in [2.75, 3.05) is 33.3 Å². The van der Waals surface area contributed by atoms with Crippen molar-refractivity contribution in [3.63, 3.8) is 0 Å². The van der Waals surface area contributed by atoms with Gasteiger partial charge in [-0.1, -0.05) is 18.2 Å². The first-order valence-electron chi connectivity index (χ1n) is 5.94. The van der Waals surface area contributed by atoms with E-state index in [0.29, 0.717) is 24.6 Å². The van der Waals surface area contributed by atoms with Crippen LogP contribution in [0.5, 0.6) is 0 Å². The average molecular weight is 270 g/mol. The van der Waals surface area contributed by atoms with E-state index in [2.05, 4.69) is 5.32 Å². The summed E-state index contributed by atoms with van der Waals surface area (Å²) in [5.74, 6) is 0. The molecule has 1 heterocycles. The summed E-state index contributed by atoms with van der Waals surface area (Å²) in [5.41, 5.74) is 0. The largest absolute Gasteiger partial charge is 0.374 e. The predicted molar refractivity (Wildman–Crippen MR) is 68.9 cm³/mol. The molecular weight excluding hydrogens is 252 g/mol. The van der Waals surface area contributed by atoms with E-state index in [0.717, 1.165) is 6.54 Å². The third-order valence-electron chi connectivity index (χ3n) is 2.92. The molecule has 1 fully saturated rings. The molecule has 1 aliphatic heterocycles. The maximum Gasteiger partial charge on any atom is 0.242 e. The highest BCUT2D eigenvalue weighted by molar-refractivity contribution is 7.89. The summed E-state index contributed by atoms with van der Waals surface area (Å²) in [7, 11) is -1.83. The number of rotatable bonds is 4. The minimum Gasteiger partial charge on any atom is -0.374 e. The Morgan fingerprint density at radius 3 is 2.72 bits per heavy atom. The minimum atomic E-state index is -3.41. The Morgan fingerprint density at radius 2 is 2.11 bits per heavy atom. The maximum atomic E-state index is 12.3. The van der Waals surface area contributed by atoms with Crippen molar-refractivity contribution in [1.29, 1.82) is 0 Å². The van der Waals surface area contributed by atoms with E-state index in [1.54, 1.807) is 37.4 Å². The molecule has 1 aromatic rings. The van der Waals surface area contributed by atoms with Crippen LogP contribution >= 0.6 is 0 Å². The second-order valence-electron chi connectivity index (χ2n) is 4.30. The zero-order valence-electron chi connectivity index (χ0n) is 10.4. The SMILES string of the molecule is CN(CC1CNCCO1)S(=O)(=O)c1ccccc1. The summed E-state index contributed by atoms with van der Waals surface area (Å²) >= 11 is 0. The lowest BCUT2D eigenvalue weighted by Crippen LogP contribution is -2.45. The highest BCUT2D eigenvalue weighted by atomic mass is 32.2. The smallest absolute Gasteiger partial charge is 0.242 e. The Labute approximate surface area is 108 Å². The number of nitrogens with one attached hydrogen (secondary N) is 1. The number of benzene rings is 1. The summed E-state index contributed by atoms with van der Waals surface area (Å²) < 4.78 is 31.4. The first-order valence-corrected chi connectivity index (χ1v) is 7.38. The Bertz CT molecular complexity index is 469. The molecule has 0 radical (unpaired) electrons. The summed E-state index contributed by atoms with van der Waals surface area (Å²) in [6.07, 6.45) is -0.0813. The number of hydrogen-bond donors (Lipinski definition) is 1. The molecule has 0 spiro atoms. The molecule has 1 aromatic carbocycles. The topological polar surface area (TPSA) is 58.6 Å². The molecule has 0 bridgehead atoms. The maximum absolute atomic E-state index is 12.3. The molecule has 6 heteroatoms. The van der Waals surface area contributed by atoms with Crippen LogP contribution in [-0.4, -0.2) is 52.1 Å². The second kappa shape index (κ2) is 5.79. The molecule has 0 aromatic heterocycles. The van der Waals surface area contributed by atoms with E-state index in [-0.39, 0.29) is 6.10 Å². The van der Waals surface area contributed by atoms with Crippen molar-refractivity contribution in [2.45, 2.75) is 11.0 Å². The average Bonchev–Trinajstić information content (AvgIpc) is 2.41. The molecule has 2 rings (SSSR count). The molecular formula is C12H18N2O3S. The predicted octanol–water partition coefficient (Wildman–Crippen LogP) is 0.296. The number of sulfonamides is 1. The quantitative estimate of drug-likeness (QED) is 0.854. The normalized spacial score (nSPS) is 21.1. The van der Waals surface area contributed by atoms with Gasteiger partial charge in [0.1, 0.15) is 0 Å². The molecule has 1 saturated heterocycles. The van der Waals surface area contributed by atoms with E-state index < -0.39 is 10.0 Å². The van der Waals surface area contributed by atoms with Gasteiger partial charge >= 0.3 is 0 Å². The van der Waals surface area contributed by atoms with Crippen LogP contribution in [-0.2, 0) is 14.8 Å². The van der Waals surface area contributed by atoms with Gasteiger partial charge in [-0.25, -0.2) is 8.42 Å². The lowest BCUT2D eigenvalue weighted by molar-refractivity contribution is 0.0206. The van der Waals surface area contributed by atoms with Crippen molar-refractivity contribution in [3.05, 3.63) is 30.3 Å². The van der Waals surface area contributed by atoms with Crippen molar-refractivity contribution >= 4 is 10.0 Å². The minimum absolute atomic E-state index is 0.0813. The first kappa shape index (κ1) is 13.5. The van der Waals surface area contributed by atoms with Crippen LogP contribution < -0.4 is 5.32 Å². The number of nitrogens with zero attached hydrogens (tertiary/aromatic N) is 1. The van der Waals surface area contributed by atoms with Gasteiger partial charge in [0.25, 0.3) is 0 Å². The molecule has 1 atom stereocenters. The number of likely N-dealkylation sites (N-methyl/N-ethyl adjacent to an activating group) is 1. The van der Waals surface area contributed by atoms with Gasteiger partial charge in [-0.2, -0.15) is 4.31 Å². The van der Waals surface area contributed by atoms with Crippen LogP contribution in [0, 0.1) is 0 Å². The zero-order valence-corrected chi connectivity index (χ0v) is 11.2. The third kappa shape index (κ3) is 3.08. The number of ether oxygens (including phenoxy) is 1. The van der Waals surface area contributed by atoms with E-state index >= 15 is 0 Å². The highest BCUT2D eigenvalue weighted by Crippen LogP contribution is 2.14. The van der Waals surface area contributed by atoms with Gasteiger partial charge < -0.3 is 10.1 Å². The Hall–Kier alpha value is -0.950. The molecule has 1 unspecified atom stereocenters. The number of morpholine rings is 1. The van der Waals surface area contributed by atoms with Crippen molar-refractivity contribution in [1.82, 2.24) is 9.62 Å². The third-order valence-corrected chi connectivity index (χ3v) is 4.75. The van der Waals surface area contributed by atoms with E-state index in [9.17, 15) is 8.42 Å². The summed E-state index contributed by atoms with van der Waals surface area (Å²) in [4.78, 5) is 0.316. The summed E-state index contributed by atoms with van der Waals surface area (Å²) in [5, 5.41) is 3.18. The van der Waals surface area contributed by atoms with Crippen molar-refractivity contribution < 1.29 is 13.2 Å². The molecule has 18 heavy (non-hydrogen) atoms. The Balaban J connectivity index is 2.05.